The van der Waals surface area contributed by atoms with Crippen molar-refractivity contribution in [2.45, 2.75) is 63.5 Å². The number of aromatic nitrogens is 4. The van der Waals surface area contributed by atoms with Crippen molar-refractivity contribution in [3.05, 3.63) is 48.5 Å². The van der Waals surface area contributed by atoms with Crippen LogP contribution in [-0.4, -0.2) is 63.8 Å². The van der Waals surface area contributed by atoms with Gasteiger partial charge in [0.2, 0.25) is 0 Å². The third-order valence-electron chi connectivity index (χ3n) is 6.58. The number of hydrogen-bond donors (Lipinski definition) is 2. The molecule has 0 saturated carbocycles. The Bertz CT molecular complexity index is 1170. The molecule has 1 fully saturated rings. The number of imidazole rings is 1. The van der Waals surface area contributed by atoms with Crippen LogP contribution in [0.15, 0.2) is 43.0 Å². The van der Waals surface area contributed by atoms with Gasteiger partial charge < -0.3 is 19.6 Å². The fourth-order valence-electron chi connectivity index (χ4n) is 3.62. The van der Waals surface area contributed by atoms with E-state index >= 15 is 4.39 Å². The summed E-state index contributed by atoms with van der Waals surface area (Å²) >= 11 is 0. The van der Waals surface area contributed by atoms with E-state index in [9.17, 15) is 9.90 Å². The zero-order chi connectivity index (χ0) is 24.7. The van der Waals surface area contributed by atoms with Gasteiger partial charge in [0.25, 0.3) is 5.91 Å². The number of alkyl halides is 1. The summed E-state index contributed by atoms with van der Waals surface area (Å²) in [6, 6.07) is 8.71. The molecule has 4 atom stereocenters. The summed E-state index contributed by atoms with van der Waals surface area (Å²) in [6.45, 7) is 9.89. The summed E-state index contributed by atoms with van der Waals surface area (Å²) in [5.74, 6) is -0.141. The third-order valence-corrected chi connectivity index (χ3v) is 11.1. The average molecular weight is 488 g/mol. The molecule has 0 aliphatic carbocycles. The topological polar surface area (TPSA) is 111 Å². The first-order valence-electron chi connectivity index (χ1n) is 11.2. The van der Waals surface area contributed by atoms with E-state index in [4.69, 9.17) is 9.16 Å². The number of fused-ring (bicyclic) bond motifs is 1. The molecule has 11 heteroatoms. The highest BCUT2D eigenvalue weighted by atomic mass is 28.4. The van der Waals surface area contributed by atoms with Gasteiger partial charge >= 0.3 is 0 Å². The maximum absolute atomic E-state index is 15.7. The van der Waals surface area contributed by atoms with Gasteiger partial charge in [-0.3, -0.25) is 9.36 Å². The number of halogens is 1. The van der Waals surface area contributed by atoms with Gasteiger partial charge in [-0.05, 0) is 30.3 Å². The van der Waals surface area contributed by atoms with E-state index in [0.717, 1.165) is 0 Å². The minimum absolute atomic E-state index is 0.133. The molecule has 3 heterocycles. The maximum Gasteiger partial charge on any atom is 0.256 e. The number of amides is 1. The molecule has 3 aromatic rings. The predicted molar refractivity (Wildman–Crippen MR) is 128 cm³/mol. The Balaban J connectivity index is 1.61. The lowest BCUT2D eigenvalue weighted by Crippen LogP contribution is -2.49. The molecule has 1 aliphatic heterocycles. The lowest BCUT2D eigenvalue weighted by atomic mass is 10.1. The number of aliphatic hydroxyl groups is 1. The number of aliphatic hydroxyl groups excluding tert-OH is 1. The van der Waals surface area contributed by atoms with Gasteiger partial charge in [0, 0.05) is 5.56 Å². The fourth-order valence-corrected chi connectivity index (χ4v) is 4.94. The van der Waals surface area contributed by atoms with Gasteiger partial charge in [-0.15, -0.1) is 0 Å². The van der Waals surface area contributed by atoms with E-state index < -0.39 is 32.9 Å². The minimum atomic E-state index is -2.33. The molecule has 0 spiro atoms. The van der Waals surface area contributed by atoms with Crippen molar-refractivity contribution in [1.29, 1.82) is 0 Å². The highest BCUT2D eigenvalue weighted by molar-refractivity contribution is 6.74. The number of carbonyl (C=O) groups excluding carboxylic acids is 1. The van der Waals surface area contributed by atoms with Crippen LogP contribution in [-0.2, 0) is 9.16 Å². The summed E-state index contributed by atoms with van der Waals surface area (Å²) < 4.78 is 29.4. The number of hydrogen-bond acceptors (Lipinski definition) is 7. The number of benzene rings is 1. The average Bonchev–Trinajstić information content (AvgIpc) is 3.35. The Morgan fingerprint density at radius 2 is 1.94 bits per heavy atom. The first kappa shape index (κ1) is 24.4. The number of rotatable bonds is 6. The van der Waals surface area contributed by atoms with Gasteiger partial charge in [0.1, 0.15) is 18.5 Å². The first-order chi connectivity index (χ1) is 16.0. The van der Waals surface area contributed by atoms with E-state index in [-0.39, 0.29) is 23.4 Å². The Kier molecular flexibility index (Phi) is 6.56. The van der Waals surface area contributed by atoms with E-state index in [2.05, 4.69) is 41.0 Å². The van der Waals surface area contributed by atoms with Crippen LogP contribution in [0.3, 0.4) is 0 Å². The normalized spacial score (nSPS) is 23.4. The van der Waals surface area contributed by atoms with Crippen LogP contribution in [0, 0.1) is 0 Å². The summed E-state index contributed by atoms with van der Waals surface area (Å²) in [4.78, 5) is 25.3. The molecular formula is C23H30FN5O4Si. The second kappa shape index (κ2) is 9.14. The smallest absolute Gasteiger partial charge is 0.256 e. The Morgan fingerprint density at radius 1 is 1.24 bits per heavy atom. The van der Waals surface area contributed by atoms with Crippen molar-refractivity contribution in [2.24, 2.45) is 0 Å². The highest BCUT2D eigenvalue weighted by Crippen LogP contribution is 2.42. The lowest BCUT2D eigenvalue weighted by Gasteiger charge is -2.39. The zero-order valence-electron chi connectivity index (χ0n) is 19.9. The van der Waals surface area contributed by atoms with Gasteiger partial charge in [-0.2, -0.15) is 0 Å². The van der Waals surface area contributed by atoms with E-state index in [0.29, 0.717) is 16.7 Å². The molecule has 1 aliphatic rings. The number of nitrogens with one attached hydrogen (secondary N) is 1. The molecule has 9 nitrogen and oxygen atoms in total. The van der Waals surface area contributed by atoms with E-state index in [1.165, 1.54) is 17.2 Å². The molecule has 182 valence electrons. The van der Waals surface area contributed by atoms with Crippen LogP contribution in [0.2, 0.25) is 18.1 Å². The molecule has 4 rings (SSSR count). The van der Waals surface area contributed by atoms with Gasteiger partial charge in [0.15, 0.2) is 37.7 Å². The largest absolute Gasteiger partial charge is 0.408 e. The number of ether oxygens (including phenoxy) is 1. The molecule has 2 N–H and O–H groups in total. The van der Waals surface area contributed by atoms with Gasteiger partial charge in [-0.1, -0.05) is 39.0 Å². The van der Waals surface area contributed by atoms with Crippen molar-refractivity contribution >= 4 is 31.2 Å². The van der Waals surface area contributed by atoms with Crippen LogP contribution in [0.25, 0.3) is 11.2 Å². The lowest BCUT2D eigenvalue weighted by molar-refractivity contribution is -0.0445. The van der Waals surface area contributed by atoms with E-state index in [1.807, 2.05) is 19.2 Å². The van der Waals surface area contributed by atoms with Crippen molar-refractivity contribution in [2.75, 3.05) is 11.9 Å². The number of carbonyl (C=O) groups is 1. The van der Waals surface area contributed by atoms with Crippen LogP contribution in [0.4, 0.5) is 10.2 Å². The van der Waals surface area contributed by atoms with Crippen molar-refractivity contribution < 1.29 is 23.5 Å². The second-order valence-corrected chi connectivity index (χ2v) is 14.7. The molecule has 1 aromatic carbocycles. The summed E-state index contributed by atoms with van der Waals surface area (Å²) in [5, 5.41) is 12.5. The first-order valence-corrected chi connectivity index (χ1v) is 14.1. The molecule has 0 radical (unpaired) electrons. The number of nitrogens with zero attached hydrogens (tertiary/aromatic N) is 4. The fraction of sp³-hybridized carbons (Fsp3) is 0.478. The molecule has 1 amide bonds. The van der Waals surface area contributed by atoms with Gasteiger partial charge in [-0.25, -0.2) is 19.3 Å². The molecule has 0 unspecified atom stereocenters. The summed E-state index contributed by atoms with van der Waals surface area (Å²) in [7, 11) is -2.33. The van der Waals surface area contributed by atoms with Gasteiger partial charge in [0.05, 0.1) is 12.9 Å². The highest BCUT2D eigenvalue weighted by Gasteiger charge is 2.51. The monoisotopic (exact) mass is 487 g/mol. The summed E-state index contributed by atoms with van der Waals surface area (Å²) in [5.41, 5.74) is 1.07. The molecule has 2 aromatic heterocycles. The molecule has 0 bridgehead atoms. The standard InChI is InChI=1S/C23H30FN5O4Si/c1-23(2,3)34(4,5)33-18-15(11-30)32-22(16(18)24)29-13-27-17-19(25-12-26-20(17)29)28-21(31)14-9-7-6-8-10-14/h6-10,12-13,15-16,18,22,30H,11H2,1-5H3,(H,25,26,28,31)/t15-,16+,18-,22-/m1/s1. The third kappa shape index (κ3) is 4.48. The van der Waals surface area contributed by atoms with Crippen LogP contribution in [0.5, 0.6) is 0 Å². The Labute approximate surface area is 198 Å². The molecular weight excluding hydrogens is 457 g/mol. The van der Waals surface area contributed by atoms with Crippen molar-refractivity contribution in [3.63, 3.8) is 0 Å². The second-order valence-electron chi connectivity index (χ2n) is 9.90. The minimum Gasteiger partial charge on any atom is -0.408 e. The predicted octanol–water partition coefficient (Wildman–Crippen LogP) is 3.70. The van der Waals surface area contributed by atoms with Crippen LogP contribution < -0.4 is 5.32 Å². The molecule has 1 saturated heterocycles. The van der Waals surface area contributed by atoms with E-state index in [1.54, 1.807) is 24.3 Å². The van der Waals surface area contributed by atoms with Crippen LogP contribution >= 0.6 is 0 Å². The van der Waals surface area contributed by atoms with Crippen LogP contribution in [0.1, 0.15) is 37.4 Å². The number of anilines is 1. The molecule has 34 heavy (non-hydrogen) atoms. The summed E-state index contributed by atoms with van der Waals surface area (Å²) in [6.07, 6.45) is -1.72. The zero-order valence-corrected chi connectivity index (χ0v) is 20.9. The van der Waals surface area contributed by atoms with Crippen molar-refractivity contribution in [1.82, 2.24) is 19.5 Å². The SMILES string of the molecule is CC(C)(C)[Si](C)(C)O[C@H]1[C@H](F)[C@H](n2cnc3c(NC(=O)c4ccccc4)ncnc32)O[C@@H]1CO. The Morgan fingerprint density at radius 3 is 2.59 bits per heavy atom. The van der Waals surface area contributed by atoms with Crippen molar-refractivity contribution in [3.8, 4) is 0 Å². The Hall–Kier alpha value is -2.73. The quantitative estimate of drug-likeness (QED) is 0.510. The maximum atomic E-state index is 15.7.